The van der Waals surface area contributed by atoms with Gasteiger partial charge in [0.25, 0.3) is 0 Å². The number of nitrogens with two attached hydrogens (primary N) is 1. The number of nitrogens with zero attached hydrogens (tertiary/aromatic N) is 1. The fourth-order valence-corrected chi connectivity index (χ4v) is 1.77. The molecule has 0 aliphatic carbocycles. The molecule has 2 rings (SSSR count). The third-order valence-electron chi connectivity index (χ3n) is 2.29. The molecule has 0 unspecified atom stereocenters. The summed E-state index contributed by atoms with van der Waals surface area (Å²) in [6, 6.07) is 7.56. The van der Waals surface area contributed by atoms with E-state index in [-0.39, 0.29) is 5.11 Å². The Hall–Kier alpha value is -1.88. The number of fused-ring (bicyclic) bond motifs is 1. The van der Waals surface area contributed by atoms with Gasteiger partial charge in [-0.25, -0.2) is 0 Å². The van der Waals surface area contributed by atoms with Crippen molar-refractivity contribution in [1.29, 1.82) is 0 Å². The van der Waals surface area contributed by atoms with Gasteiger partial charge in [-0.1, -0.05) is 0 Å². The maximum absolute atomic E-state index is 5.52. The highest BCUT2D eigenvalue weighted by Gasteiger charge is 2.07. The van der Waals surface area contributed by atoms with E-state index in [4.69, 9.17) is 22.7 Å². The zero-order chi connectivity index (χ0) is 12.3. The molecule has 0 aliphatic rings. The van der Waals surface area contributed by atoms with Crippen LogP contribution in [0.1, 0.15) is 6.92 Å². The Kier molecular flexibility index (Phi) is 3.39. The number of rotatable bonds is 3. The zero-order valence-electron chi connectivity index (χ0n) is 9.43. The summed E-state index contributed by atoms with van der Waals surface area (Å²) in [6.45, 7) is 2.55. The molecule has 1 aromatic heterocycles. The van der Waals surface area contributed by atoms with E-state index in [0.29, 0.717) is 6.61 Å². The summed E-state index contributed by atoms with van der Waals surface area (Å²) in [4.78, 5) is 4.32. The normalized spacial score (nSPS) is 10.2. The maximum Gasteiger partial charge on any atom is 0.168 e. The van der Waals surface area contributed by atoms with Crippen LogP contribution in [0.2, 0.25) is 0 Å². The van der Waals surface area contributed by atoms with Gasteiger partial charge in [0, 0.05) is 17.3 Å². The van der Waals surface area contributed by atoms with Crippen molar-refractivity contribution in [1.82, 2.24) is 4.98 Å². The van der Waals surface area contributed by atoms with E-state index in [9.17, 15) is 0 Å². The molecule has 0 bridgehead atoms. The van der Waals surface area contributed by atoms with E-state index in [2.05, 4.69) is 10.3 Å². The van der Waals surface area contributed by atoms with E-state index >= 15 is 0 Å². The number of benzene rings is 1. The number of hydrogen-bond donors (Lipinski definition) is 2. The molecule has 5 heteroatoms. The van der Waals surface area contributed by atoms with Crippen molar-refractivity contribution in [2.75, 3.05) is 11.9 Å². The largest absolute Gasteiger partial charge is 0.492 e. The second-order valence-corrected chi connectivity index (χ2v) is 3.87. The zero-order valence-corrected chi connectivity index (χ0v) is 10.3. The van der Waals surface area contributed by atoms with Gasteiger partial charge in [-0.3, -0.25) is 4.98 Å². The highest BCUT2D eigenvalue weighted by molar-refractivity contribution is 7.80. The first kappa shape index (κ1) is 11.6. The van der Waals surface area contributed by atoms with E-state index in [1.54, 1.807) is 6.20 Å². The summed E-state index contributed by atoms with van der Waals surface area (Å²) < 4.78 is 5.52. The SMILES string of the molecule is CCOc1ccc(NC(N)=S)c2cccnc12. The first-order chi connectivity index (χ1) is 8.22. The molecule has 2 aromatic rings. The molecule has 0 amide bonds. The Morgan fingerprint density at radius 3 is 3.00 bits per heavy atom. The number of pyridine rings is 1. The van der Waals surface area contributed by atoms with Gasteiger partial charge in [-0.15, -0.1) is 0 Å². The number of ether oxygens (including phenoxy) is 1. The minimum atomic E-state index is 0.235. The molecule has 0 spiro atoms. The Bertz CT molecular complexity index is 556. The van der Waals surface area contributed by atoms with E-state index in [0.717, 1.165) is 22.3 Å². The van der Waals surface area contributed by atoms with Crippen LogP contribution in [-0.2, 0) is 0 Å². The van der Waals surface area contributed by atoms with Gasteiger partial charge in [0.2, 0.25) is 0 Å². The quantitative estimate of drug-likeness (QED) is 0.815. The molecule has 0 radical (unpaired) electrons. The highest BCUT2D eigenvalue weighted by Crippen LogP contribution is 2.29. The van der Waals surface area contributed by atoms with E-state index in [1.807, 2.05) is 31.2 Å². The lowest BCUT2D eigenvalue weighted by Crippen LogP contribution is -2.19. The molecule has 0 saturated carbocycles. The molecule has 3 N–H and O–H groups in total. The van der Waals surface area contributed by atoms with Crippen molar-refractivity contribution in [3.05, 3.63) is 30.5 Å². The standard InChI is InChI=1S/C12H13N3OS/c1-2-16-10-6-5-9(15-12(13)17)8-4-3-7-14-11(8)10/h3-7H,2H2,1H3,(H3,13,15,17). The average Bonchev–Trinajstić information content (AvgIpc) is 2.32. The van der Waals surface area contributed by atoms with Gasteiger partial charge < -0.3 is 15.8 Å². The second kappa shape index (κ2) is 4.97. The number of thiocarbonyl (C=S) groups is 1. The molecule has 1 heterocycles. The first-order valence-electron chi connectivity index (χ1n) is 5.29. The Morgan fingerprint density at radius 1 is 1.47 bits per heavy atom. The lowest BCUT2D eigenvalue weighted by atomic mass is 10.1. The molecular weight excluding hydrogens is 234 g/mol. The number of hydrogen-bond acceptors (Lipinski definition) is 3. The summed E-state index contributed by atoms with van der Waals surface area (Å²) >= 11 is 4.84. The first-order valence-corrected chi connectivity index (χ1v) is 5.70. The third kappa shape index (κ3) is 2.45. The summed E-state index contributed by atoms with van der Waals surface area (Å²) in [5, 5.41) is 4.10. The predicted octanol–water partition coefficient (Wildman–Crippen LogP) is 2.29. The highest BCUT2D eigenvalue weighted by atomic mass is 32.1. The van der Waals surface area contributed by atoms with Crippen molar-refractivity contribution in [2.45, 2.75) is 6.92 Å². The summed E-state index contributed by atoms with van der Waals surface area (Å²) in [6.07, 6.45) is 1.73. The van der Waals surface area contributed by atoms with Gasteiger partial charge >= 0.3 is 0 Å². The van der Waals surface area contributed by atoms with Crippen LogP contribution in [0.4, 0.5) is 5.69 Å². The monoisotopic (exact) mass is 247 g/mol. The van der Waals surface area contributed by atoms with Crippen LogP contribution >= 0.6 is 12.2 Å². The van der Waals surface area contributed by atoms with Crippen molar-refractivity contribution in [2.24, 2.45) is 5.73 Å². The predicted molar refractivity (Wildman–Crippen MR) is 73.3 cm³/mol. The average molecular weight is 247 g/mol. The van der Waals surface area contributed by atoms with Gasteiger partial charge in [0.15, 0.2) is 5.11 Å². The molecule has 17 heavy (non-hydrogen) atoms. The maximum atomic E-state index is 5.52. The van der Waals surface area contributed by atoms with Crippen molar-refractivity contribution >= 4 is 33.9 Å². The summed E-state index contributed by atoms with van der Waals surface area (Å²) in [5.74, 6) is 0.761. The van der Waals surface area contributed by atoms with Crippen LogP contribution in [0.3, 0.4) is 0 Å². The van der Waals surface area contributed by atoms with Gasteiger partial charge in [0.05, 0.1) is 6.61 Å². The summed E-state index contributed by atoms with van der Waals surface area (Å²) in [5.41, 5.74) is 7.12. The smallest absolute Gasteiger partial charge is 0.168 e. The molecule has 0 fully saturated rings. The topological polar surface area (TPSA) is 60.2 Å². The molecule has 0 atom stereocenters. The van der Waals surface area contributed by atoms with Crippen LogP contribution in [0.5, 0.6) is 5.75 Å². The molecule has 4 nitrogen and oxygen atoms in total. The lowest BCUT2D eigenvalue weighted by Gasteiger charge is -2.11. The van der Waals surface area contributed by atoms with Crippen LogP contribution in [-0.4, -0.2) is 16.7 Å². The van der Waals surface area contributed by atoms with Gasteiger partial charge in [-0.05, 0) is 43.4 Å². The van der Waals surface area contributed by atoms with Crippen LogP contribution in [0.15, 0.2) is 30.5 Å². The summed E-state index contributed by atoms with van der Waals surface area (Å²) in [7, 11) is 0. The van der Waals surface area contributed by atoms with Crippen LogP contribution in [0, 0.1) is 0 Å². The second-order valence-electron chi connectivity index (χ2n) is 3.43. The fraction of sp³-hybridized carbons (Fsp3) is 0.167. The van der Waals surface area contributed by atoms with Gasteiger partial charge in [0.1, 0.15) is 11.3 Å². The van der Waals surface area contributed by atoms with Gasteiger partial charge in [-0.2, -0.15) is 0 Å². The van der Waals surface area contributed by atoms with Crippen LogP contribution < -0.4 is 15.8 Å². The number of aromatic nitrogens is 1. The third-order valence-corrected chi connectivity index (χ3v) is 2.39. The van der Waals surface area contributed by atoms with E-state index in [1.165, 1.54) is 0 Å². The Balaban J connectivity index is 2.57. The molecule has 1 aromatic carbocycles. The molecule has 88 valence electrons. The van der Waals surface area contributed by atoms with E-state index < -0.39 is 0 Å². The number of nitrogens with one attached hydrogen (secondary N) is 1. The molecule has 0 aliphatic heterocycles. The molecular formula is C12H13N3OS. The Morgan fingerprint density at radius 2 is 2.29 bits per heavy atom. The Labute approximate surface area is 105 Å². The van der Waals surface area contributed by atoms with Crippen molar-refractivity contribution < 1.29 is 4.74 Å². The van der Waals surface area contributed by atoms with Crippen molar-refractivity contribution in [3.63, 3.8) is 0 Å². The fourth-order valence-electron chi connectivity index (χ4n) is 1.66. The molecule has 0 saturated heterocycles. The number of anilines is 1. The van der Waals surface area contributed by atoms with Crippen LogP contribution in [0.25, 0.3) is 10.9 Å². The lowest BCUT2D eigenvalue weighted by molar-refractivity contribution is 0.343. The minimum Gasteiger partial charge on any atom is -0.492 e. The minimum absolute atomic E-state index is 0.235. The van der Waals surface area contributed by atoms with Crippen molar-refractivity contribution in [3.8, 4) is 5.75 Å².